The van der Waals surface area contributed by atoms with Gasteiger partial charge in [0, 0.05) is 57.1 Å². The monoisotopic (exact) mass is 339 g/mol. The van der Waals surface area contributed by atoms with E-state index in [-0.39, 0.29) is 6.10 Å². The Hall–Kier alpha value is -1.24. The first kappa shape index (κ1) is 17.6. The van der Waals surface area contributed by atoms with Crippen LogP contribution in [-0.4, -0.2) is 62.9 Å². The Morgan fingerprint density at radius 1 is 1.17 bits per heavy atom. The van der Waals surface area contributed by atoms with Gasteiger partial charge in [-0.2, -0.15) is 0 Å². The number of hydrogen-bond donors (Lipinski definition) is 1. The molecule has 1 N–H and O–H groups in total. The van der Waals surface area contributed by atoms with Crippen molar-refractivity contribution >= 4 is 5.69 Å². The van der Waals surface area contributed by atoms with Crippen LogP contribution in [-0.2, 0) is 4.74 Å². The van der Waals surface area contributed by atoms with Crippen LogP contribution in [0.2, 0.25) is 0 Å². The van der Waals surface area contributed by atoms with Crippen molar-refractivity contribution in [3.05, 3.63) is 29.8 Å². The minimum atomic E-state index is -0.789. The molecule has 3 rings (SSSR count). The van der Waals surface area contributed by atoms with E-state index < -0.39 is 11.6 Å². The molecule has 1 aromatic carbocycles. The smallest absolute Gasteiger partial charge is 0.160 e. The van der Waals surface area contributed by atoms with Crippen molar-refractivity contribution in [3.8, 4) is 0 Å². The maximum atomic E-state index is 13.4. The van der Waals surface area contributed by atoms with Crippen molar-refractivity contribution in [2.75, 3.05) is 44.7 Å². The number of benzene rings is 1. The number of piperidine rings is 1. The van der Waals surface area contributed by atoms with E-state index in [9.17, 15) is 8.78 Å². The molecule has 2 aliphatic rings. The lowest BCUT2D eigenvalue weighted by atomic mass is 10.0. The van der Waals surface area contributed by atoms with Crippen LogP contribution in [0.25, 0.3) is 0 Å². The summed E-state index contributed by atoms with van der Waals surface area (Å²) in [7, 11) is 1.78. The van der Waals surface area contributed by atoms with E-state index in [0.717, 1.165) is 51.3 Å². The number of nitrogens with zero attached hydrogens (tertiary/aromatic N) is 2. The van der Waals surface area contributed by atoms with Gasteiger partial charge in [0.25, 0.3) is 0 Å². The lowest BCUT2D eigenvalue weighted by Gasteiger charge is -2.36. The van der Waals surface area contributed by atoms with E-state index in [4.69, 9.17) is 4.74 Å². The summed E-state index contributed by atoms with van der Waals surface area (Å²) in [6.45, 7) is 6.94. The van der Waals surface area contributed by atoms with Gasteiger partial charge in [-0.15, -0.1) is 0 Å². The summed E-state index contributed by atoms with van der Waals surface area (Å²) in [6, 6.07) is 4.97. The molecule has 0 radical (unpaired) electrons. The fourth-order valence-electron chi connectivity index (χ4n) is 3.80. The van der Waals surface area contributed by atoms with Gasteiger partial charge in [0.05, 0.1) is 6.10 Å². The summed E-state index contributed by atoms with van der Waals surface area (Å²) in [5, 5.41) is 3.75. The normalized spacial score (nSPS) is 26.2. The summed E-state index contributed by atoms with van der Waals surface area (Å²) in [5.41, 5.74) is 0.764. The molecular weight excluding hydrogens is 312 g/mol. The predicted octanol–water partition coefficient (Wildman–Crippen LogP) is 2.24. The molecule has 0 bridgehead atoms. The van der Waals surface area contributed by atoms with Gasteiger partial charge in [0.15, 0.2) is 11.6 Å². The van der Waals surface area contributed by atoms with Crippen molar-refractivity contribution in [3.63, 3.8) is 0 Å². The number of halogens is 2. The van der Waals surface area contributed by atoms with E-state index in [1.807, 2.05) is 0 Å². The predicted molar refractivity (Wildman–Crippen MR) is 91.4 cm³/mol. The molecule has 6 heteroatoms. The van der Waals surface area contributed by atoms with Crippen molar-refractivity contribution in [1.82, 2.24) is 10.2 Å². The van der Waals surface area contributed by atoms with Gasteiger partial charge in [0.1, 0.15) is 0 Å². The maximum absolute atomic E-state index is 13.4. The highest BCUT2D eigenvalue weighted by molar-refractivity contribution is 5.47. The van der Waals surface area contributed by atoms with E-state index in [0.29, 0.717) is 12.1 Å². The summed E-state index contributed by atoms with van der Waals surface area (Å²) in [5.74, 6) is -1.57. The van der Waals surface area contributed by atoms with Gasteiger partial charge in [-0.05, 0) is 31.5 Å². The average molecular weight is 339 g/mol. The van der Waals surface area contributed by atoms with Crippen LogP contribution < -0.4 is 10.2 Å². The Morgan fingerprint density at radius 2 is 1.92 bits per heavy atom. The first-order chi connectivity index (χ1) is 11.6. The Labute approximate surface area is 142 Å². The van der Waals surface area contributed by atoms with Gasteiger partial charge in [-0.25, -0.2) is 8.78 Å². The molecular formula is C18H27F2N3O. The third kappa shape index (κ3) is 3.87. The largest absolute Gasteiger partial charge is 0.378 e. The topological polar surface area (TPSA) is 27.7 Å². The first-order valence-corrected chi connectivity index (χ1v) is 8.82. The van der Waals surface area contributed by atoms with Gasteiger partial charge in [-0.3, -0.25) is 4.90 Å². The van der Waals surface area contributed by atoms with Gasteiger partial charge >= 0.3 is 0 Å². The molecule has 2 aliphatic heterocycles. The maximum Gasteiger partial charge on any atom is 0.160 e. The molecule has 0 aromatic heterocycles. The molecule has 0 saturated carbocycles. The number of likely N-dealkylation sites (tertiary alicyclic amines) is 1. The number of nitrogens with one attached hydrogen (secondary N) is 1. The fourth-order valence-corrected chi connectivity index (χ4v) is 3.80. The number of ether oxygens (including phenoxy) is 1. The van der Waals surface area contributed by atoms with Crippen molar-refractivity contribution < 1.29 is 13.5 Å². The summed E-state index contributed by atoms with van der Waals surface area (Å²) in [4.78, 5) is 4.53. The lowest BCUT2D eigenvalue weighted by molar-refractivity contribution is 0.0858. The van der Waals surface area contributed by atoms with E-state index in [1.165, 1.54) is 12.1 Å². The van der Waals surface area contributed by atoms with Crippen LogP contribution in [0, 0.1) is 11.6 Å². The van der Waals surface area contributed by atoms with Crippen LogP contribution in [0.5, 0.6) is 0 Å². The molecule has 2 heterocycles. The first-order valence-electron chi connectivity index (χ1n) is 8.82. The molecule has 0 amide bonds. The Morgan fingerprint density at radius 3 is 2.54 bits per heavy atom. The van der Waals surface area contributed by atoms with Crippen LogP contribution in [0.4, 0.5) is 14.5 Å². The molecule has 4 nitrogen and oxygen atoms in total. The number of likely N-dealkylation sites (N-methyl/N-ethyl adjacent to an activating group) is 1. The molecule has 0 aliphatic carbocycles. The third-order valence-electron chi connectivity index (χ3n) is 5.30. The zero-order chi connectivity index (χ0) is 17.1. The Balaban J connectivity index is 1.52. The van der Waals surface area contributed by atoms with Crippen molar-refractivity contribution in [2.45, 2.75) is 38.0 Å². The standard InChI is InChI=1S/C18H27F2N3O/c1-3-22-11-17(18(12-22)24-2)21-13-6-8-23(9-7-13)14-4-5-15(19)16(20)10-14/h4-5,10,13,17-18,21H,3,6-9,11-12H2,1-2H3/t17-,18-/m0/s1. The van der Waals surface area contributed by atoms with E-state index in [2.05, 4.69) is 22.0 Å². The van der Waals surface area contributed by atoms with Crippen LogP contribution in [0.15, 0.2) is 18.2 Å². The minimum absolute atomic E-state index is 0.245. The van der Waals surface area contributed by atoms with E-state index in [1.54, 1.807) is 13.2 Å². The zero-order valence-electron chi connectivity index (χ0n) is 14.5. The fraction of sp³-hybridized carbons (Fsp3) is 0.667. The SMILES string of the molecule is CCN1C[C@H](NC2CCN(c3ccc(F)c(F)c3)CC2)[C@@H](OC)C1. The quantitative estimate of drug-likeness (QED) is 0.890. The molecule has 0 unspecified atom stereocenters. The second kappa shape index (κ2) is 7.76. The van der Waals surface area contributed by atoms with Crippen LogP contribution in [0.3, 0.4) is 0 Å². The summed E-state index contributed by atoms with van der Waals surface area (Å²) >= 11 is 0. The molecule has 134 valence electrons. The second-order valence-electron chi connectivity index (χ2n) is 6.76. The van der Waals surface area contributed by atoms with Crippen molar-refractivity contribution in [2.24, 2.45) is 0 Å². The highest BCUT2D eigenvalue weighted by atomic mass is 19.2. The van der Waals surface area contributed by atoms with Gasteiger partial charge < -0.3 is 15.0 Å². The molecule has 0 spiro atoms. The molecule has 2 saturated heterocycles. The van der Waals surface area contributed by atoms with Crippen molar-refractivity contribution in [1.29, 1.82) is 0 Å². The summed E-state index contributed by atoms with van der Waals surface area (Å²) < 4.78 is 32.1. The van der Waals surface area contributed by atoms with Crippen LogP contribution in [0.1, 0.15) is 19.8 Å². The Kier molecular flexibility index (Phi) is 5.69. The molecule has 2 fully saturated rings. The lowest BCUT2D eigenvalue weighted by Crippen LogP contribution is -2.50. The Bertz CT molecular complexity index is 549. The van der Waals surface area contributed by atoms with E-state index >= 15 is 0 Å². The van der Waals surface area contributed by atoms with Gasteiger partial charge in [-0.1, -0.05) is 6.92 Å². The minimum Gasteiger partial charge on any atom is -0.378 e. The second-order valence-corrected chi connectivity index (χ2v) is 6.76. The molecule has 24 heavy (non-hydrogen) atoms. The number of anilines is 1. The number of rotatable bonds is 5. The average Bonchev–Trinajstić information content (AvgIpc) is 3.00. The van der Waals surface area contributed by atoms with Crippen LogP contribution >= 0.6 is 0 Å². The highest BCUT2D eigenvalue weighted by Gasteiger charge is 2.34. The molecule has 1 aromatic rings. The summed E-state index contributed by atoms with van der Waals surface area (Å²) in [6.07, 6.45) is 2.24. The number of hydrogen-bond acceptors (Lipinski definition) is 4. The van der Waals surface area contributed by atoms with Gasteiger partial charge in [0.2, 0.25) is 0 Å². The zero-order valence-corrected chi connectivity index (χ0v) is 14.5. The molecule has 2 atom stereocenters. The highest BCUT2D eigenvalue weighted by Crippen LogP contribution is 2.23. The number of methoxy groups -OCH3 is 1. The third-order valence-corrected chi connectivity index (χ3v) is 5.30.